The van der Waals surface area contributed by atoms with E-state index in [1.54, 1.807) is 0 Å². The number of aromatic nitrogens is 3. The number of carbonyl (C=O) groups is 2. The second kappa shape index (κ2) is 9.99. The normalized spacial score (nSPS) is 14.4. The smallest absolute Gasteiger partial charge is 0.233 e. The van der Waals surface area contributed by atoms with Gasteiger partial charge in [0.15, 0.2) is 11.0 Å². The summed E-state index contributed by atoms with van der Waals surface area (Å²) in [4.78, 5) is 26.0. The maximum absolute atomic E-state index is 12.7. The second-order valence-corrected chi connectivity index (χ2v) is 9.03. The Kier molecular flexibility index (Phi) is 6.90. The molecule has 0 aliphatic carbocycles. The number of benzene rings is 2. The van der Waals surface area contributed by atoms with E-state index in [0.717, 1.165) is 42.9 Å². The number of para-hydroxylation sites is 1. The number of amides is 2. The lowest BCUT2D eigenvalue weighted by Crippen LogP contribution is -2.38. The molecule has 1 N–H and O–H groups in total. The lowest BCUT2D eigenvalue weighted by Gasteiger charge is -2.30. The van der Waals surface area contributed by atoms with Gasteiger partial charge < -0.3 is 10.2 Å². The van der Waals surface area contributed by atoms with E-state index >= 15 is 0 Å². The monoisotopic (exact) mass is 449 g/mol. The van der Waals surface area contributed by atoms with E-state index in [1.807, 2.05) is 64.1 Å². The van der Waals surface area contributed by atoms with Crippen molar-refractivity contribution in [2.45, 2.75) is 31.8 Å². The molecule has 1 aliphatic rings. The highest BCUT2D eigenvalue weighted by Gasteiger charge is 2.22. The largest absolute Gasteiger partial charge is 0.342 e. The molecular formula is C24H27N5O2S. The molecule has 2 heterocycles. The Morgan fingerprint density at radius 1 is 1.03 bits per heavy atom. The van der Waals surface area contributed by atoms with E-state index in [0.29, 0.717) is 22.7 Å². The molecular weight excluding hydrogens is 422 g/mol. The fourth-order valence-corrected chi connectivity index (χ4v) is 4.60. The van der Waals surface area contributed by atoms with Crippen LogP contribution in [0, 0.1) is 5.92 Å². The Morgan fingerprint density at radius 2 is 1.72 bits per heavy atom. The van der Waals surface area contributed by atoms with Crippen molar-refractivity contribution in [2.24, 2.45) is 5.92 Å². The highest BCUT2D eigenvalue weighted by molar-refractivity contribution is 7.99. The summed E-state index contributed by atoms with van der Waals surface area (Å²) in [5.41, 5.74) is 2.53. The molecule has 4 rings (SSSR count). The van der Waals surface area contributed by atoms with Crippen molar-refractivity contribution < 1.29 is 9.59 Å². The summed E-state index contributed by atoms with van der Waals surface area (Å²) in [6, 6.07) is 17.4. The number of nitrogens with zero attached hydrogens (tertiary/aromatic N) is 4. The Labute approximate surface area is 192 Å². The topological polar surface area (TPSA) is 80.1 Å². The zero-order valence-electron chi connectivity index (χ0n) is 18.3. The number of piperidine rings is 1. The van der Waals surface area contributed by atoms with Gasteiger partial charge in [-0.15, -0.1) is 10.2 Å². The van der Waals surface area contributed by atoms with Gasteiger partial charge in [0.25, 0.3) is 0 Å². The van der Waals surface area contributed by atoms with E-state index in [9.17, 15) is 9.59 Å². The Bertz CT molecular complexity index is 1070. The van der Waals surface area contributed by atoms with Crippen molar-refractivity contribution in [3.63, 3.8) is 0 Å². The number of rotatable bonds is 6. The van der Waals surface area contributed by atoms with Crippen molar-refractivity contribution in [1.29, 1.82) is 0 Å². The van der Waals surface area contributed by atoms with Crippen LogP contribution in [0.1, 0.15) is 26.7 Å². The number of carbonyl (C=O) groups excluding carboxylic acids is 2. The van der Waals surface area contributed by atoms with Gasteiger partial charge in [0.2, 0.25) is 11.8 Å². The molecule has 3 aromatic rings. The summed E-state index contributed by atoms with van der Waals surface area (Å²) in [6.45, 7) is 5.38. The molecule has 0 spiro atoms. The van der Waals surface area contributed by atoms with Crippen LogP contribution >= 0.6 is 11.8 Å². The van der Waals surface area contributed by atoms with Gasteiger partial charge >= 0.3 is 0 Å². The van der Waals surface area contributed by atoms with Crippen LogP contribution < -0.4 is 5.32 Å². The van der Waals surface area contributed by atoms with Gasteiger partial charge in [0.05, 0.1) is 5.75 Å². The first-order valence-corrected chi connectivity index (χ1v) is 11.8. The van der Waals surface area contributed by atoms with Gasteiger partial charge in [0.1, 0.15) is 0 Å². The zero-order valence-corrected chi connectivity index (χ0v) is 19.1. The lowest BCUT2D eigenvalue weighted by molar-refractivity contribution is -0.129. The highest BCUT2D eigenvalue weighted by Crippen LogP contribution is 2.29. The fraction of sp³-hybridized carbons (Fsp3) is 0.333. The van der Waals surface area contributed by atoms with Crippen molar-refractivity contribution in [2.75, 3.05) is 24.2 Å². The molecule has 7 nitrogen and oxygen atoms in total. The molecule has 2 aromatic carbocycles. The van der Waals surface area contributed by atoms with Crippen molar-refractivity contribution >= 4 is 29.3 Å². The predicted molar refractivity (Wildman–Crippen MR) is 127 cm³/mol. The molecule has 1 fully saturated rings. The summed E-state index contributed by atoms with van der Waals surface area (Å²) in [5, 5.41) is 12.3. The summed E-state index contributed by atoms with van der Waals surface area (Å²) in [5.74, 6) is 1.74. The number of hydrogen-bond acceptors (Lipinski definition) is 5. The molecule has 0 bridgehead atoms. The molecule has 2 amide bonds. The quantitative estimate of drug-likeness (QED) is 0.569. The molecule has 0 radical (unpaired) electrons. The molecule has 1 aliphatic heterocycles. The number of hydrogen-bond donors (Lipinski definition) is 1. The van der Waals surface area contributed by atoms with Crippen LogP contribution in [-0.2, 0) is 9.59 Å². The predicted octanol–water partition coefficient (Wildman–Crippen LogP) is 4.24. The van der Waals surface area contributed by atoms with Gasteiger partial charge in [-0.2, -0.15) is 0 Å². The van der Waals surface area contributed by atoms with E-state index < -0.39 is 0 Å². The Morgan fingerprint density at radius 3 is 2.38 bits per heavy atom. The second-order valence-electron chi connectivity index (χ2n) is 8.09. The van der Waals surface area contributed by atoms with Crippen molar-refractivity contribution in [3.8, 4) is 17.1 Å². The molecule has 1 aromatic heterocycles. The Hall–Kier alpha value is -3.13. The van der Waals surface area contributed by atoms with Crippen LogP contribution in [0.3, 0.4) is 0 Å². The Balaban J connectivity index is 1.57. The number of thioether (sulfide) groups is 1. The standard InChI is InChI=1S/C24H27N5O2S/c1-17-12-14-28(15-13-17)22(31)16-32-24-27-26-23(29(24)21-6-4-3-5-7-21)19-8-10-20(11-9-19)25-18(2)30/h3-11,17H,12-16H2,1-2H3,(H,25,30). The minimum atomic E-state index is -0.114. The van der Waals surface area contributed by atoms with E-state index in [2.05, 4.69) is 22.4 Å². The third-order valence-electron chi connectivity index (χ3n) is 5.57. The third kappa shape index (κ3) is 5.19. The minimum absolute atomic E-state index is 0.114. The first-order valence-electron chi connectivity index (χ1n) is 10.8. The van der Waals surface area contributed by atoms with Gasteiger partial charge in [-0.1, -0.05) is 36.9 Å². The molecule has 0 unspecified atom stereocenters. The first kappa shape index (κ1) is 22.1. The average Bonchev–Trinajstić information content (AvgIpc) is 3.22. The van der Waals surface area contributed by atoms with Crippen LogP contribution in [0.25, 0.3) is 17.1 Å². The molecule has 0 atom stereocenters. The van der Waals surface area contributed by atoms with Crippen LogP contribution in [0.2, 0.25) is 0 Å². The third-order valence-corrected chi connectivity index (χ3v) is 6.49. The molecule has 8 heteroatoms. The zero-order chi connectivity index (χ0) is 22.5. The summed E-state index contributed by atoms with van der Waals surface area (Å²) in [6.07, 6.45) is 2.13. The van der Waals surface area contributed by atoms with E-state index in [4.69, 9.17) is 0 Å². The molecule has 1 saturated heterocycles. The van der Waals surface area contributed by atoms with E-state index in [-0.39, 0.29) is 11.8 Å². The van der Waals surface area contributed by atoms with Gasteiger partial charge in [-0.05, 0) is 55.2 Å². The summed E-state index contributed by atoms with van der Waals surface area (Å²) in [7, 11) is 0. The van der Waals surface area contributed by atoms with Crippen LogP contribution in [0.15, 0.2) is 59.8 Å². The van der Waals surface area contributed by atoms with Crippen LogP contribution in [0.4, 0.5) is 5.69 Å². The number of nitrogens with one attached hydrogen (secondary N) is 1. The van der Waals surface area contributed by atoms with E-state index in [1.165, 1.54) is 18.7 Å². The minimum Gasteiger partial charge on any atom is -0.342 e. The van der Waals surface area contributed by atoms with Crippen LogP contribution in [0.5, 0.6) is 0 Å². The summed E-state index contributed by atoms with van der Waals surface area (Å²) >= 11 is 1.41. The molecule has 0 saturated carbocycles. The van der Waals surface area contributed by atoms with Gasteiger partial charge in [-0.3, -0.25) is 14.2 Å². The maximum Gasteiger partial charge on any atom is 0.233 e. The number of likely N-dealkylation sites (tertiary alicyclic amines) is 1. The summed E-state index contributed by atoms with van der Waals surface area (Å²) < 4.78 is 1.98. The fourth-order valence-electron chi connectivity index (χ4n) is 3.74. The SMILES string of the molecule is CC(=O)Nc1ccc(-c2nnc(SCC(=O)N3CCC(C)CC3)n2-c2ccccc2)cc1. The van der Waals surface area contributed by atoms with Gasteiger partial charge in [-0.25, -0.2) is 0 Å². The average molecular weight is 450 g/mol. The maximum atomic E-state index is 12.7. The first-order chi connectivity index (χ1) is 15.5. The lowest BCUT2D eigenvalue weighted by atomic mass is 9.99. The van der Waals surface area contributed by atoms with Crippen molar-refractivity contribution in [1.82, 2.24) is 19.7 Å². The number of anilines is 1. The molecule has 166 valence electrons. The van der Waals surface area contributed by atoms with Crippen LogP contribution in [-0.4, -0.2) is 50.3 Å². The highest BCUT2D eigenvalue weighted by atomic mass is 32.2. The van der Waals surface area contributed by atoms with Crippen molar-refractivity contribution in [3.05, 3.63) is 54.6 Å². The van der Waals surface area contributed by atoms with Gasteiger partial charge in [0, 0.05) is 37.0 Å². The molecule has 32 heavy (non-hydrogen) atoms.